The van der Waals surface area contributed by atoms with Gasteiger partial charge in [0.05, 0.1) is 0 Å². The van der Waals surface area contributed by atoms with E-state index in [0.717, 1.165) is 29.3 Å². The minimum atomic E-state index is -0.863. The molecule has 0 bridgehead atoms. The van der Waals surface area contributed by atoms with Gasteiger partial charge in [0.2, 0.25) is 0 Å². The van der Waals surface area contributed by atoms with Gasteiger partial charge in [-0.2, -0.15) is 0 Å². The molecule has 0 saturated heterocycles. The molecule has 2 unspecified atom stereocenters. The van der Waals surface area contributed by atoms with Crippen LogP contribution in [0.3, 0.4) is 0 Å². The average Bonchev–Trinajstić information content (AvgIpc) is 3.46. The van der Waals surface area contributed by atoms with E-state index in [1.165, 1.54) is 22.0 Å². The number of nitrogens with one attached hydrogen (secondary N) is 1. The molecule has 1 aromatic heterocycles. The Bertz CT molecular complexity index is 1770. The van der Waals surface area contributed by atoms with E-state index < -0.39 is 11.9 Å². The summed E-state index contributed by atoms with van der Waals surface area (Å²) >= 11 is 5.85. The van der Waals surface area contributed by atoms with E-state index in [-0.39, 0.29) is 28.1 Å². The molecule has 1 radical (unpaired) electrons. The van der Waals surface area contributed by atoms with Crippen molar-refractivity contribution < 1.29 is 14.3 Å². The van der Waals surface area contributed by atoms with Gasteiger partial charge in [0.1, 0.15) is 0 Å². The van der Waals surface area contributed by atoms with Crippen LogP contribution in [-0.2, 0) is 23.0 Å². The molecule has 43 heavy (non-hydrogen) atoms. The summed E-state index contributed by atoms with van der Waals surface area (Å²) in [5.74, 6) is -0.372. The van der Waals surface area contributed by atoms with Gasteiger partial charge in [-0.05, 0) is 0 Å². The van der Waals surface area contributed by atoms with Crippen LogP contribution in [0.5, 0.6) is 5.75 Å². The van der Waals surface area contributed by atoms with Crippen LogP contribution in [0.2, 0.25) is 5.02 Å². The Labute approximate surface area is 262 Å². The van der Waals surface area contributed by atoms with Crippen molar-refractivity contribution in [2.75, 3.05) is 6.61 Å². The van der Waals surface area contributed by atoms with Crippen molar-refractivity contribution in [3.63, 3.8) is 0 Å². The van der Waals surface area contributed by atoms with E-state index in [2.05, 4.69) is 63.4 Å². The van der Waals surface area contributed by atoms with Gasteiger partial charge >= 0.3 is 251 Å². The number of primary amides is 1. The quantitative estimate of drug-likeness (QED) is 0.200. The Morgan fingerprint density at radius 3 is 2.63 bits per heavy atom. The number of aromatic nitrogens is 2. The molecule has 7 nitrogen and oxygen atoms in total. The molecule has 1 aliphatic rings. The number of nitrogens with zero attached hydrogens (tertiary/aromatic N) is 2. The number of para-hydroxylation sites is 1. The molecule has 1 aliphatic heterocycles. The summed E-state index contributed by atoms with van der Waals surface area (Å²) in [5, 5.41) is 6.84. The molecule has 0 spiro atoms. The number of halogens is 1. The van der Waals surface area contributed by atoms with Crippen molar-refractivity contribution in [1.29, 1.82) is 0 Å². The molecule has 2 atom stereocenters. The SMILES string of the molecule is NC(=O)C(Cc1ccc(Cl)cc1)NC(=O)c1cccc2c1OCCC2[As]Cc1cncn1Cc1ccc2ccccc2c1. The molecule has 2 heterocycles. The standard InChI is InChI=1S/C34H31AsClN4O3/c36-26-12-9-22(10-13-26)17-31(33(37)41)39-34(42)29-7-3-6-28-30(14-15-43-32(28)29)35-18-27-19-38-21-40(27)20-23-8-11-24-4-1-2-5-25(24)16-23/h1-13,16,19,21,30-31H,14-15,17-18,20H2,(H2,37,41)(H,39,42). The first-order valence-electron chi connectivity index (χ1n) is 14.2. The number of ether oxygens (including phenoxy) is 1. The zero-order valence-electron chi connectivity index (χ0n) is 23.4. The van der Waals surface area contributed by atoms with Crippen LogP contribution >= 0.6 is 11.6 Å². The first kappa shape index (κ1) is 29.0. The number of nitrogens with two attached hydrogens (primary N) is 1. The van der Waals surface area contributed by atoms with Gasteiger partial charge in [0.25, 0.3) is 0 Å². The second kappa shape index (κ2) is 13.1. The number of benzene rings is 4. The predicted molar refractivity (Wildman–Crippen MR) is 170 cm³/mol. The number of carbonyl (C=O) groups excluding carboxylic acids is 2. The van der Waals surface area contributed by atoms with Gasteiger partial charge in [0, 0.05) is 0 Å². The fraction of sp³-hybridized carbons (Fsp3) is 0.206. The van der Waals surface area contributed by atoms with Crippen LogP contribution in [0, 0.1) is 0 Å². The van der Waals surface area contributed by atoms with Crippen molar-refractivity contribution in [1.82, 2.24) is 14.9 Å². The fourth-order valence-corrected chi connectivity index (χ4v) is 8.43. The summed E-state index contributed by atoms with van der Waals surface area (Å²) in [4.78, 5) is 30.1. The predicted octanol–water partition coefficient (Wildman–Crippen LogP) is 5.29. The van der Waals surface area contributed by atoms with Crippen LogP contribution in [0.15, 0.2) is 97.5 Å². The number of imidazole rings is 1. The number of hydrogen-bond donors (Lipinski definition) is 2. The molecule has 217 valence electrons. The number of amides is 2. The van der Waals surface area contributed by atoms with E-state index in [1.807, 2.05) is 30.7 Å². The van der Waals surface area contributed by atoms with Gasteiger partial charge in [0.15, 0.2) is 0 Å². The first-order chi connectivity index (χ1) is 20.9. The molecular weight excluding hydrogens is 623 g/mol. The molecule has 0 saturated carbocycles. The fourth-order valence-electron chi connectivity index (χ4n) is 5.45. The maximum atomic E-state index is 13.4. The summed E-state index contributed by atoms with van der Waals surface area (Å²) in [7, 11) is 0. The Morgan fingerprint density at radius 2 is 1.81 bits per heavy atom. The maximum absolute atomic E-state index is 13.4. The summed E-state index contributed by atoms with van der Waals surface area (Å²) < 4.78 is 8.61. The van der Waals surface area contributed by atoms with Gasteiger partial charge in [-0.3, -0.25) is 0 Å². The molecule has 3 N–H and O–H groups in total. The van der Waals surface area contributed by atoms with Crippen molar-refractivity contribution in [2.24, 2.45) is 5.73 Å². The van der Waals surface area contributed by atoms with Crippen LogP contribution in [-0.4, -0.2) is 49.8 Å². The van der Waals surface area contributed by atoms with Crippen molar-refractivity contribution in [2.45, 2.75) is 35.3 Å². The average molecular weight is 654 g/mol. The third-order valence-electron chi connectivity index (χ3n) is 7.73. The van der Waals surface area contributed by atoms with E-state index >= 15 is 0 Å². The normalized spacial score (nSPS) is 15.2. The minimum absolute atomic E-state index is 0.136. The summed E-state index contributed by atoms with van der Waals surface area (Å²) in [6, 6.07) is 26.9. The van der Waals surface area contributed by atoms with Gasteiger partial charge < -0.3 is 0 Å². The van der Waals surface area contributed by atoms with E-state index in [1.54, 1.807) is 18.2 Å². The molecule has 4 aromatic carbocycles. The summed E-state index contributed by atoms with van der Waals surface area (Å²) in [6.45, 7) is 1.31. The van der Waals surface area contributed by atoms with E-state index in [4.69, 9.17) is 22.1 Å². The van der Waals surface area contributed by atoms with E-state index in [9.17, 15) is 9.59 Å². The molecule has 9 heteroatoms. The third-order valence-corrected chi connectivity index (χ3v) is 11.1. The van der Waals surface area contributed by atoms with Crippen molar-refractivity contribution in [3.8, 4) is 5.75 Å². The monoisotopic (exact) mass is 653 g/mol. The van der Waals surface area contributed by atoms with Crippen molar-refractivity contribution in [3.05, 3.63) is 130 Å². The summed E-state index contributed by atoms with van der Waals surface area (Å²) in [6.07, 6.45) is 5.04. The Kier molecular flexibility index (Phi) is 8.82. The molecule has 5 aromatic rings. The van der Waals surface area contributed by atoms with Gasteiger partial charge in [-0.15, -0.1) is 0 Å². The number of hydrogen-bond acceptors (Lipinski definition) is 4. The number of carbonyl (C=O) groups is 2. The molecule has 0 aliphatic carbocycles. The molecular formula is C34H31AsClN4O3. The zero-order valence-corrected chi connectivity index (χ0v) is 26.1. The zero-order chi connectivity index (χ0) is 29.8. The Morgan fingerprint density at radius 1 is 1.02 bits per heavy atom. The second-order valence-electron chi connectivity index (χ2n) is 10.7. The Balaban J connectivity index is 1.14. The van der Waals surface area contributed by atoms with Crippen LogP contribution in [0.4, 0.5) is 0 Å². The molecule has 2 amide bonds. The summed E-state index contributed by atoms with van der Waals surface area (Å²) in [5.41, 5.74) is 10.4. The molecule has 6 rings (SSSR count). The van der Waals surface area contributed by atoms with Gasteiger partial charge in [-0.1, -0.05) is 11.6 Å². The topological polar surface area (TPSA) is 99.2 Å². The van der Waals surface area contributed by atoms with Crippen LogP contribution in [0.25, 0.3) is 10.8 Å². The van der Waals surface area contributed by atoms with Crippen LogP contribution in [0.1, 0.15) is 43.9 Å². The van der Waals surface area contributed by atoms with Gasteiger partial charge in [-0.25, -0.2) is 0 Å². The van der Waals surface area contributed by atoms with Crippen molar-refractivity contribution >= 4 is 49.9 Å². The first-order valence-corrected chi connectivity index (χ1v) is 17.0. The van der Waals surface area contributed by atoms with Crippen LogP contribution < -0.4 is 15.8 Å². The third kappa shape index (κ3) is 6.79. The molecule has 0 fully saturated rings. The number of rotatable bonds is 10. The number of fused-ring (bicyclic) bond motifs is 2. The Hall–Kier alpha value is -4.06. The second-order valence-corrected chi connectivity index (χ2v) is 13.8. The van der Waals surface area contributed by atoms with E-state index in [0.29, 0.717) is 27.6 Å².